The fourth-order valence-corrected chi connectivity index (χ4v) is 1.55. The van der Waals surface area contributed by atoms with Gasteiger partial charge in [0.15, 0.2) is 0 Å². The Kier molecular flexibility index (Phi) is 4.83. The Balaban J connectivity index is 2.99. The second-order valence-corrected chi connectivity index (χ2v) is 4.48. The van der Waals surface area contributed by atoms with Gasteiger partial charge in [0.05, 0.1) is 11.4 Å². The van der Waals surface area contributed by atoms with Crippen LogP contribution in [0.3, 0.4) is 0 Å². The highest BCUT2D eigenvalue weighted by Crippen LogP contribution is 2.20. The third-order valence-electron chi connectivity index (χ3n) is 2.35. The third-order valence-corrected chi connectivity index (χ3v) is 2.35. The van der Waals surface area contributed by atoms with E-state index in [1.807, 2.05) is 32.1 Å². The minimum Gasteiger partial charge on any atom is -0.253 e. The van der Waals surface area contributed by atoms with Gasteiger partial charge in [0.1, 0.15) is 0 Å². The Bertz CT molecular complexity index is 440. The first kappa shape index (κ1) is 13.4. The predicted octanol–water partition coefficient (Wildman–Crippen LogP) is 4.13. The van der Waals surface area contributed by atoms with E-state index in [0.29, 0.717) is 0 Å². The molecule has 0 unspecified atom stereocenters. The molecule has 0 amide bonds. The minimum atomic E-state index is 0.0411. The number of allylic oxidation sites excluding steroid dienone is 4. The lowest BCUT2D eigenvalue weighted by Gasteiger charge is -2.13. The Morgan fingerprint density at radius 3 is 2.00 bits per heavy atom. The lowest BCUT2D eigenvalue weighted by molar-refractivity contribution is 0.628. The first-order chi connectivity index (χ1) is 8.09. The average molecular weight is 228 g/mol. The second-order valence-electron chi connectivity index (χ2n) is 4.48. The van der Waals surface area contributed by atoms with Gasteiger partial charge in [-0.1, -0.05) is 38.2 Å². The van der Waals surface area contributed by atoms with Crippen LogP contribution in [0.4, 0.5) is 0 Å². The highest BCUT2D eigenvalue weighted by atomic mass is 14.8. The van der Waals surface area contributed by atoms with E-state index >= 15 is 0 Å². The van der Waals surface area contributed by atoms with Crippen molar-refractivity contribution in [2.24, 2.45) is 5.41 Å². The second kappa shape index (κ2) is 6.14. The molecule has 1 aromatic heterocycles. The highest BCUT2D eigenvalue weighted by Gasteiger charge is 2.08. The molecule has 0 aliphatic rings. The summed E-state index contributed by atoms with van der Waals surface area (Å²) in [5.74, 6) is 0. The van der Waals surface area contributed by atoms with Crippen molar-refractivity contribution in [3.8, 4) is 0 Å². The van der Waals surface area contributed by atoms with E-state index in [1.165, 1.54) is 0 Å². The standard InChI is InChI=1S/C15H20N2/c1-5-7-13-14(17-12-11-16-13)8-10-15(3,4)9-6-2/h5-12H,1-4H3/b7-5+,9-6-,10-8-. The molecule has 0 atom stereocenters. The molecule has 1 rings (SSSR count). The van der Waals surface area contributed by atoms with Crippen molar-refractivity contribution in [3.05, 3.63) is 48.1 Å². The summed E-state index contributed by atoms with van der Waals surface area (Å²) in [6.07, 6.45) is 15.8. The Hall–Kier alpha value is -1.70. The van der Waals surface area contributed by atoms with Crippen LogP contribution in [0.5, 0.6) is 0 Å². The van der Waals surface area contributed by atoms with Crippen LogP contribution in [-0.4, -0.2) is 9.97 Å². The molecule has 0 saturated carbocycles. The molecule has 2 heteroatoms. The minimum absolute atomic E-state index is 0.0411. The molecule has 0 aliphatic heterocycles. The highest BCUT2D eigenvalue weighted by molar-refractivity contribution is 5.59. The summed E-state index contributed by atoms with van der Waals surface area (Å²) in [7, 11) is 0. The van der Waals surface area contributed by atoms with Crippen LogP contribution < -0.4 is 0 Å². The van der Waals surface area contributed by atoms with Crippen molar-refractivity contribution in [2.45, 2.75) is 27.7 Å². The number of hydrogen-bond donors (Lipinski definition) is 0. The topological polar surface area (TPSA) is 25.8 Å². The predicted molar refractivity (Wildman–Crippen MR) is 74.4 cm³/mol. The molecular weight excluding hydrogens is 208 g/mol. The van der Waals surface area contributed by atoms with Gasteiger partial charge in [0.2, 0.25) is 0 Å². The van der Waals surface area contributed by atoms with Gasteiger partial charge in [-0.25, -0.2) is 0 Å². The normalized spacial score (nSPS) is 13.2. The van der Waals surface area contributed by atoms with Crippen LogP contribution in [0.25, 0.3) is 12.2 Å². The molecule has 0 N–H and O–H groups in total. The maximum atomic E-state index is 4.34. The Morgan fingerprint density at radius 2 is 1.47 bits per heavy atom. The van der Waals surface area contributed by atoms with Crippen molar-refractivity contribution < 1.29 is 0 Å². The molecule has 0 fully saturated rings. The molecule has 0 saturated heterocycles. The largest absolute Gasteiger partial charge is 0.253 e. The SMILES string of the molecule is C/C=C\C(C)(C)/C=C\c1nccnc1/C=C/C. The van der Waals surface area contributed by atoms with Gasteiger partial charge in [-0.3, -0.25) is 9.97 Å². The molecule has 17 heavy (non-hydrogen) atoms. The van der Waals surface area contributed by atoms with E-state index in [1.54, 1.807) is 12.4 Å². The van der Waals surface area contributed by atoms with Crippen molar-refractivity contribution in [3.63, 3.8) is 0 Å². The van der Waals surface area contributed by atoms with Crippen LogP contribution in [0.15, 0.2) is 36.7 Å². The summed E-state index contributed by atoms with van der Waals surface area (Å²) in [4.78, 5) is 8.63. The van der Waals surface area contributed by atoms with E-state index in [4.69, 9.17) is 0 Å². The molecular formula is C15H20N2. The zero-order valence-corrected chi connectivity index (χ0v) is 11.0. The third kappa shape index (κ3) is 4.35. The van der Waals surface area contributed by atoms with E-state index in [-0.39, 0.29) is 5.41 Å². The fourth-order valence-electron chi connectivity index (χ4n) is 1.55. The van der Waals surface area contributed by atoms with Crippen molar-refractivity contribution in [1.29, 1.82) is 0 Å². The summed E-state index contributed by atoms with van der Waals surface area (Å²) in [6.45, 7) is 8.33. The summed E-state index contributed by atoms with van der Waals surface area (Å²) >= 11 is 0. The van der Waals surface area contributed by atoms with E-state index < -0.39 is 0 Å². The lowest BCUT2D eigenvalue weighted by atomic mass is 9.92. The van der Waals surface area contributed by atoms with Crippen LogP contribution in [0.1, 0.15) is 39.1 Å². The van der Waals surface area contributed by atoms with E-state index in [0.717, 1.165) is 11.4 Å². The van der Waals surface area contributed by atoms with Crippen LogP contribution in [0.2, 0.25) is 0 Å². The van der Waals surface area contributed by atoms with Gasteiger partial charge in [-0.15, -0.1) is 0 Å². The number of rotatable bonds is 4. The number of aromatic nitrogens is 2. The maximum absolute atomic E-state index is 4.34. The van der Waals surface area contributed by atoms with Gasteiger partial charge in [-0.2, -0.15) is 0 Å². The Labute approximate surface area is 104 Å². The molecule has 0 bridgehead atoms. The quantitative estimate of drug-likeness (QED) is 0.724. The molecule has 0 radical (unpaired) electrons. The van der Waals surface area contributed by atoms with Crippen LogP contribution >= 0.6 is 0 Å². The van der Waals surface area contributed by atoms with Crippen molar-refractivity contribution >= 4 is 12.2 Å². The van der Waals surface area contributed by atoms with Crippen LogP contribution in [-0.2, 0) is 0 Å². The maximum Gasteiger partial charge on any atom is 0.0883 e. The summed E-state index contributed by atoms with van der Waals surface area (Å²) < 4.78 is 0. The molecule has 1 aromatic rings. The Morgan fingerprint density at radius 1 is 0.882 bits per heavy atom. The summed E-state index contributed by atoms with van der Waals surface area (Å²) in [5.41, 5.74) is 1.85. The number of nitrogens with zero attached hydrogens (tertiary/aromatic N) is 2. The average Bonchev–Trinajstić information content (AvgIpc) is 2.28. The monoisotopic (exact) mass is 228 g/mol. The van der Waals surface area contributed by atoms with Gasteiger partial charge in [0, 0.05) is 17.8 Å². The van der Waals surface area contributed by atoms with Gasteiger partial charge in [0.25, 0.3) is 0 Å². The molecule has 90 valence electrons. The lowest BCUT2D eigenvalue weighted by Crippen LogP contribution is -2.02. The fraction of sp³-hybridized carbons (Fsp3) is 0.333. The molecule has 0 spiro atoms. The zero-order chi connectivity index (χ0) is 12.7. The van der Waals surface area contributed by atoms with Gasteiger partial charge >= 0.3 is 0 Å². The van der Waals surface area contributed by atoms with Crippen molar-refractivity contribution in [2.75, 3.05) is 0 Å². The van der Waals surface area contributed by atoms with E-state index in [9.17, 15) is 0 Å². The van der Waals surface area contributed by atoms with Crippen LogP contribution in [0, 0.1) is 5.41 Å². The summed E-state index contributed by atoms with van der Waals surface area (Å²) in [5, 5.41) is 0. The van der Waals surface area contributed by atoms with Gasteiger partial charge in [-0.05, 0) is 26.0 Å². The molecule has 1 heterocycles. The van der Waals surface area contributed by atoms with E-state index in [2.05, 4.69) is 42.0 Å². The summed E-state index contributed by atoms with van der Waals surface area (Å²) in [6, 6.07) is 0. The van der Waals surface area contributed by atoms with Crippen molar-refractivity contribution in [1.82, 2.24) is 9.97 Å². The number of hydrogen-bond acceptors (Lipinski definition) is 2. The van der Waals surface area contributed by atoms with Gasteiger partial charge < -0.3 is 0 Å². The molecule has 2 nitrogen and oxygen atoms in total. The molecule has 0 aromatic carbocycles. The first-order valence-corrected chi connectivity index (χ1v) is 5.86. The smallest absolute Gasteiger partial charge is 0.0883 e. The zero-order valence-electron chi connectivity index (χ0n) is 11.0. The molecule has 0 aliphatic carbocycles. The first-order valence-electron chi connectivity index (χ1n) is 5.86.